The van der Waals surface area contributed by atoms with Gasteiger partial charge in [-0.3, -0.25) is 9.59 Å². The average molecular weight is 545 g/mol. The summed E-state index contributed by atoms with van der Waals surface area (Å²) in [7, 11) is 1.93. The third kappa shape index (κ3) is 16.3. The molecular weight excluding hydrogens is 508 g/mol. The summed E-state index contributed by atoms with van der Waals surface area (Å²) in [5.74, 6) is -2.91. The van der Waals surface area contributed by atoms with E-state index in [1.54, 1.807) is 18.2 Å². The van der Waals surface area contributed by atoms with Crippen molar-refractivity contribution in [3.8, 4) is 0 Å². The van der Waals surface area contributed by atoms with Gasteiger partial charge >= 0.3 is 12.1 Å². The summed E-state index contributed by atoms with van der Waals surface area (Å²) in [6.45, 7) is 4.82. The van der Waals surface area contributed by atoms with Crippen LogP contribution in [0.4, 0.5) is 23.2 Å². The molecule has 3 rings (SSSR count). The van der Waals surface area contributed by atoms with Gasteiger partial charge in [0.2, 0.25) is 12.3 Å². The molecule has 1 atom stereocenters. The SMILES string of the molecule is CCNC.NC(CC(=O)N1CCCC1)Cc1ccccc1F.O=C(O)C(F)(F)F.O=CNc1ccccc1. The summed E-state index contributed by atoms with van der Waals surface area (Å²) in [4.78, 5) is 32.5. The number of nitrogens with two attached hydrogens (primary N) is 1. The van der Waals surface area contributed by atoms with Crippen LogP contribution >= 0.6 is 0 Å². The van der Waals surface area contributed by atoms with Gasteiger partial charge in [0.25, 0.3) is 0 Å². The fourth-order valence-electron chi connectivity index (χ4n) is 2.94. The van der Waals surface area contributed by atoms with Gasteiger partial charge in [-0.25, -0.2) is 9.18 Å². The number of benzene rings is 2. The molecule has 38 heavy (non-hydrogen) atoms. The molecule has 0 aliphatic carbocycles. The lowest BCUT2D eigenvalue weighted by Crippen LogP contribution is -2.35. The predicted octanol–water partition coefficient (Wildman–Crippen LogP) is 3.82. The van der Waals surface area contributed by atoms with Crippen molar-refractivity contribution in [2.75, 3.05) is 32.0 Å². The highest BCUT2D eigenvalue weighted by Gasteiger charge is 2.38. The lowest BCUT2D eigenvalue weighted by molar-refractivity contribution is -0.192. The molecule has 0 aromatic heterocycles. The van der Waals surface area contributed by atoms with Gasteiger partial charge in [-0.1, -0.05) is 43.3 Å². The molecule has 2 aromatic carbocycles. The summed E-state index contributed by atoms with van der Waals surface area (Å²) in [6, 6.07) is 15.6. The minimum Gasteiger partial charge on any atom is -0.475 e. The quantitative estimate of drug-likeness (QED) is 0.310. The van der Waals surface area contributed by atoms with Gasteiger partial charge in [0, 0.05) is 31.2 Å². The third-order valence-electron chi connectivity index (χ3n) is 4.93. The average Bonchev–Trinajstić information content (AvgIpc) is 3.42. The first kappa shape index (κ1) is 34.5. The van der Waals surface area contributed by atoms with Crippen molar-refractivity contribution in [1.29, 1.82) is 0 Å². The maximum absolute atomic E-state index is 13.4. The molecule has 1 unspecified atom stereocenters. The Morgan fingerprint density at radius 3 is 2.03 bits per heavy atom. The molecule has 5 N–H and O–H groups in total. The Labute approximate surface area is 220 Å². The number of likely N-dealkylation sites (tertiary alicyclic amines) is 1. The van der Waals surface area contributed by atoms with Crippen molar-refractivity contribution in [2.45, 2.75) is 44.8 Å². The zero-order chi connectivity index (χ0) is 29.0. The van der Waals surface area contributed by atoms with Crippen molar-refractivity contribution in [2.24, 2.45) is 5.73 Å². The van der Waals surface area contributed by atoms with E-state index in [1.807, 2.05) is 42.3 Å². The molecule has 1 fully saturated rings. The van der Waals surface area contributed by atoms with Crippen molar-refractivity contribution in [3.05, 3.63) is 66.0 Å². The number of halogens is 4. The summed E-state index contributed by atoms with van der Waals surface area (Å²) >= 11 is 0. The molecule has 12 heteroatoms. The monoisotopic (exact) mass is 544 g/mol. The number of alkyl halides is 3. The number of nitrogens with one attached hydrogen (secondary N) is 2. The third-order valence-corrected chi connectivity index (χ3v) is 4.93. The van der Waals surface area contributed by atoms with Gasteiger partial charge < -0.3 is 26.4 Å². The number of carbonyl (C=O) groups is 3. The van der Waals surface area contributed by atoms with E-state index < -0.39 is 12.1 Å². The molecule has 1 aliphatic rings. The Hall–Kier alpha value is -3.51. The Morgan fingerprint density at radius 1 is 1.08 bits per heavy atom. The predicted molar refractivity (Wildman–Crippen MR) is 138 cm³/mol. The van der Waals surface area contributed by atoms with Crippen LogP contribution < -0.4 is 16.4 Å². The second-order valence-corrected chi connectivity index (χ2v) is 7.99. The van der Waals surface area contributed by atoms with Gasteiger partial charge in [-0.2, -0.15) is 13.2 Å². The summed E-state index contributed by atoms with van der Waals surface area (Å²) in [6.07, 6.45) is -1.56. The van der Waals surface area contributed by atoms with E-state index in [-0.39, 0.29) is 17.8 Å². The number of carbonyl (C=O) groups excluding carboxylic acids is 2. The van der Waals surface area contributed by atoms with Crippen LogP contribution in [0.3, 0.4) is 0 Å². The van der Waals surface area contributed by atoms with Gasteiger partial charge in [0.15, 0.2) is 0 Å². The lowest BCUT2D eigenvalue weighted by Gasteiger charge is -2.18. The molecule has 0 spiro atoms. The molecular formula is C26H36F4N4O4. The highest BCUT2D eigenvalue weighted by molar-refractivity contribution is 5.77. The zero-order valence-electron chi connectivity index (χ0n) is 21.5. The number of carboxylic acid groups (broad SMARTS) is 1. The lowest BCUT2D eigenvalue weighted by atomic mass is 10.0. The van der Waals surface area contributed by atoms with Crippen molar-refractivity contribution < 1.29 is 37.1 Å². The standard InChI is InChI=1S/C14H19FN2O.C7H7NO.C3H9N.C2HF3O2/c15-13-6-2-1-5-11(13)9-12(16)10-14(18)17-7-3-4-8-17;9-6-8-7-4-2-1-3-5-7;1-3-4-2;3-2(4,5)1(6)7/h1-2,5-6,12H,3-4,7-10,16H2;1-6H,(H,8,9);4H,3H2,1-2H3;(H,6,7). The van der Waals surface area contributed by atoms with E-state index in [2.05, 4.69) is 17.6 Å². The first-order valence-corrected chi connectivity index (χ1v) is 11.9. The normalized spacial score (nSPS) is 12.9. The van der Waals surface area contributed by atoms with E-state index in [9.17, 15) is 27.2 Å². The number of hydrogen-bond donors (Lipinski definition) is 4. The zero-order valence-corrected chi connectivity index (χ0v) is 21.5. The number of rotatable bonds is 7. The van der Waals surface area contributed by atoms with E-state index in [0.717, 1.165) is 38.2 Å². The minimum atomic E-state index is -5.08. The van der Waals surface area contributed by atoms with Gasteiger partial charge in [0.05, 0.1) is 0 Å². The van der Waals surface area contributed by atoms with Crippen molar-refractivity contribution in [1.82, 2.24) is 10.2 Å². The largest absolute Gasteiger partial charge is 0.490 e. The van der Waals surface area contributed by atoms with Crippen molar-refractivity contribution in [3.63, 3.8) is 0 Å². The maximum atomic E-state index is 13.4. The smallest absolute Gasteiger partial charge is 0.475 e. The maximum Gasteiger partial charge on any atom is 0.490 e. The van der Waals surface area contributed by atoms with Crippen molar-refractivity contribution >= 4 is 24.0 Å². The Morgan fingerprint density at radius 2 is 1.58 bits per heavy atom. The van der Waals surface area contributed by atoms with Gasteiger partial charge in [-0.05, 0) is 56.6 Å². The van der Waals surface area contributed by atoms with Crippen LogP contribution in [0.25, 0.3) is 0 Å². The highest BCUT2D eigenvalue weighted by Crippen LogP contribution is 2.14. The topological polar surface area (TPSA) is 125 Å². The molecule has 0 saturated carbocycles. The van der Waals surface area contributed by atoms with Crippen LogP contribution in [0.15, 0.2) is 54.6 Å². The summed E-state index contributed by atoms with van der Waals surface area (Å²) in [5, 5.41) is 12.6. The van der Waals surface area contributed by atoms with Crippen LogP contribution in [0, 0.1) is 5.82 Å². The number of hydrogen-bond acceptors (Lipinski definition) is 5. The molecule has 1 saturated heterocycles. The molecule has 0 bridgehead atoms. The molecule has 8 nitrogen and oxygen atoms in total. The van der Waals surface area contributed by atoms with Crippen LogP contribution in [0.1, 0.15) is 31.7 Å². The van der Waals surface area contributed by atoms with E-state index in [1.165, 1.54) is 6.07 Å². The first-order valence-electron chi connectivity index (χ1n) is 11.9. The fraction of sp³-hybridized carbons (Fsp3) is 0.423. The number of aliphatic carboxylic acids is 1. The van der Waals surface area contributed by atoms with Crippen LogP contribution in [0.5, 0.6) is 0 Å². The second kappa shape index (κ2) is 19.6. The number of nitrogens with zero attached hydrogens (tertiary/aromatic N) is 1. The molecule has 1 aliphatic heterocycles. The molecule has 2 amide bonds. The number of carboxylic acids is 1. The van der Waals surface area contributed by atoms with E-state index in [4.69, 9.17) is 15.6 Å². The second-order valence-electron chi connectivity index (χ2n) is 7.99. The number of amides is 2. The van der Waals surface area contributed by atoms with E-state index in [0.29, 0.717) is 24.8 Å². The number of anilines is 1. The Balaban J connectivity index is 0.000000571. The van der Waals surface area contributed by atoms with E-state index >= 15 is 0 Å². The van der Waals surface area contributed by atoms with Gasteiger partial charge in [-0.15, -0.1) is 0 Å². The number of para-hydroxylation sites is 1. The van der Waals surface area contributed by atoms with Gasteiger partial charge in [0.1, 0.15) is 5.82 Å². The summed E-state index contributed by atoms with van der Waals surface area (Å²) in [5.41, 5.74) is 7.34. The molecule has 212 valence electrons. The minimum absolute atomic E-state index is 0.0938. The van der Waals surface area contributed by atoms with Crippen LogP contribution in [-0.4, -0.2) is 67.2 Å². The Bertz CT molecular complexity index is 938. The van der Waals surface area contributed by atoms with Crippen LogP contribution in [-0.2, 0) is 20.8 Å². The molecule has 1 heterocycles. The summed E-state index contributed by atoms with van der Waals surface area (Å²) < 4.78 is 45.2. The first-order chi connectivity index (χ1) is 18.0. The highest BCUT2D eigenvalue weighted by atomic mass is 19.4. The van der Waals surface area contributed by atoms with Crippen LogP contribution in [0.2, 0.25) is 0 Å². The fourth-order valence-corrected chi connectivity index (χ4v) is 2.94. The molecule has 2 aromatic rings. The Kier molecular flexibility index (Phi) is 17.8. The molecule has 0 radical (unpaired) electrons.